The number of nitrogens with zero attached hydrogens (tertiary/aromatic N) is 2. The van der Waals surface area contributed by atoms with Gasteiger partial charge in [0.2, 0.25) is 5.91 Å². The number of aromatic nitrogens is 1. The molecule has 2 aliphatic rings. The summed E-state index contributed by atoms with van der Waals surface area (Å²) in [6.45, 7) is 4.47. The van der Waals surface area contributed by atoms with E-state index in [0.717, 1.165) is 37.2 Å². The number of para-hydroxylation sites is 1. The maximum atomic E-state index is 12.4. The lowest BCUT2D eigenvalue weighted by Gasteiger charge is -2.30. The average Bonchev–Trinajstić information content (AvgIpc) is 3.08. The molecule has 0 unspecified atom stereocenters. The number of amides is 1. The van der Waals surface area contributed by atoms with E-state index in [1.54, 1.807) is 0 Å². The van der Waals surface area contributed by atoms with E-state index in [2.05, 4.69) is 10.2 Å². The number of thiazole rings is 1. The highest BCUT2D eigenvalue weighted by molar-refractivity contribution is 7.11. The predicted octanol–water partition coefficient (Wildman–Crippen LogP) is 4.15. The SMILES string of the molecule is Cc1ccccc1NC(=O)CN1CCC(c2nc3c(s2)CCCC3)CC1. The van der Waals surface area contributed by atoms with Crippen molar-refractivity contribution in [1.82, 2.24) is 9.88 Å². The van der Waals surface area contributed by atoms with Crippen LogP contribution in [-0.4, -0.2) is 35.4 Å². The van der Waals surface area contributed by atoms with Crippen molar-refractivity contribution in [3.8, 4) is 0 Å². The molecule has 0 spiro atoms. The Balaban J connectivity index is 1.29. The molecule has 1 saturated heterocycles. The zero-order chi connectivity index (χ0) is 17.9. The van der Waals surface area contributed by atoms with Crippen molar-refractivity contribution in [3.05, 3.63) is 45.4 Å². The highest BCUT2D eigenvalue weighted by atomic mass is 32.1. The molecule has 2 heterocycles. The summed E-state index contributed by atoms with van der Waals surface area (Å²) in [5.74, 6) is 0.670. The van der Waals surface area contributed by atoms with Crippen LogP contribution in [0.3, 0.4) is 0 Å². The van der Waals surface area contributed by atoms with Gasteiger partial charge in [-0.05, 0) is 70.2 Å². The summed E-state index contributed by atoms with van der Waals surface area (Å²) < 4.78 is 0. The van der Waals surface area contributed by atoms with Crippen molar-refractivity contribution in [1.29, 1.82) is 0 Å². The molecule has 2 aromatic rings. The predicted molar refractivity (Wildman–Crippen MR) is 107 cm³/mol. The third-order valence-corrected chi connectivity index (χ3v) is 6.91. The van der Waals surface area contributed by atoms with Gasteiger partial charge in [0.15, 0.2) is 0 Å². The summed E-state index contributed by atoms with van der Waals surface area (Å²) in [4.78, 5) is 21.1. The van der Waals surface area contributed by atoms with Gasteiger partial charge in [-0.15, -0.1) is 11.3 Å². The zero-order valence-corrected chi connectivity index (χ0v) is 16.3. The molecule has 1 N–H and O–H groups in total. The number of piperidine rings is 1. The molecule has 1 aliphatic heterocycles. The third kappa shape index (κ3) is 3.99. The highest BCUT2D eigenvalue weighted by Gasteiger charge is 2.26. The number of hydrogen-bond acceptors (Lipinski definition) is 4. The van der Waals surface area contributed by atoms with Crippen molar-refractivity contribution in [2.45, 2.75) is 51.4 Å². The van der Waals surface area contributed by atoms with Crippen LogP contribution in [0, 0.1) is 6.92 Å². The van der Waals surface area contributed by atoms with Gasteiger partial charge >= 0.3 is 0 Å². The molecule has 4 nitrogen and oxygen atoms in total. The van der Waals surface area contributed by atoms with Crippen LogP contribution < -0.4 is 5.32 Å². The van der Waals surface area contributed by atoms with Gasteiger partial charge in [0, 0.05) is 16.5 Å². The number of anilines is 1. The van der Waals surface area contributed by atoms with Gasteiger partial charge in [-0.25, -0.2) is 4.98 Å². The average molecular weight is 370 g/mol. The van der Waals surface area contributed by atoms with Gasteiger partial charge < -0.3 is 5.32 Å². The fourth-order valence-corrected chi connectivity index (χ4v) is 5.31. The first-order valence-corrected chi connectivity index (χ1v) is 10.6. The zero-order valence-electron chi connectivity index (χ0n) is 15.5. The fourth-order valence-electron chi connectivity index (χ4n) is 3.99. The van der Waals surface area contributed by atoms with Crippen molar-refractivity contribution >= 4 is 22.9 Å². The Morgan fingerprint density at radius 1 is 1.23 bits per heavy atom. The largest absolute Gasteiger partial charge is 0.325 e. The third-order valence-electron chi connectivity index (χ3n) is 5.59. The number of likely N-dealkylation sites (tertiary alicyclic amines) is 1. The Bertz CT molecular complexity index is 754. The molecule has 0 bridgehead atoms. The summed E-state index contributed by atoms with van der Waals surface area (Å²) >= 11 is 1.95. The molecule has 1 amide bonds. The molecule has 26 heavy (non-hydrogen) atoms. The van der Waals surface area contributed by atoms with Gasteiger partial charge in [-0.3, -0.25) is 9.69 Å². The van der Waals surface area contributed by atoms with Crippen LogP contribution in [0.1, 0.15) is 52.7 Å². The Kier molecular flexibility index (Phi) is 5.36. The summed E-state index contributed by atoms with van der Waals surface area (Å²) in [5.41, 5.74) is 3.39. The van der Waals surface area contributed by atoms with Crippen LogP contribution in [0.25, 0.3) is 0 Å². The van der Waals surface area contributed by atoms with E-state index in [4.69, 9.17) is 4.98 Å². The molecule has 0 saturated carbocycles. The standard InChI is InChI=1S/C21H27N3OS/c1-15-6-2-3-7-17(15)22-20(25)14-24-12-10-16(11-13-24)21-23-18-8-4-5-9-19(18)26-21/h2-3,6-7,16H,4-5,8-14H2,1H3,(H,22,25). The van der Waals surface area contributed by atoms with Crippen molar-refractivity contribution in [2.75, 3.05) is 25.0 Å². The second-order valence-electron chi connectivity index (χ2n) is 7.54. The van der Waals surface area contributed by atoms with Crippen molar-refractivity contribution in [2.24, 2.45) is 0 Å². The molecule has 5 heteroatoms. The molecular weight excluding hydrogens is 342 g/mol. The molecule has 1 aromatic heterocycles. The first kappa shape index (κ1) is 17.7. The Morgan fingerprint density at radius 2 is 2.00 bits per heavy atom. The van der Waals surface area contributed by atoms with Crippen molar-refractivity contribution < 1.29 is 4.79 Å². The van der Waals surface area contributed by atoms with E-state index in [1.165, 1.54) is 41.3 Å². The van der Waals surface area contributed by atoms with Crippen LogP contribution >= 0.6 is 11.3 Å². The first-order valence-electron chi connectivity index (χ1n) is 9.75. The highest BCUT2D eigenvalue weighted by Crippen LogP contribution is 2.35. The summed E-state index contributed by atoms with van der Waals surface area (Å²) in [6.07, 6.45) is 7.25. The number of carbonyl (C=O) groups is 1. The number of nitrogens with one attached hydrogen (secondary N) is 1. The lowest BCUT2D eigenvalue weighted by Crippen LogP contribution is -2.38. The fraction of sp³-hybridized carbons (Fsp3) is 0.524. The van der Waals surface area contributed by atoms with E-state index in [1.807, 2.05) is 42.5 Å². The van der Waals surface area contributed by atoms with Gasteiger partial charge in [-0.1, -0.05) is 18.2 Å². The lowest BCUT2D eigenvalue weighted by atomic mass is 9.97. The molecule has 1 aromatic carbocycles. The number of fused-ring (bicyclic) bond motifs is 1. The van der Waals surface area contributed by atoms with E-state index < -0.39 is 0 Å². The monoisotopic (exact) mass is 369 g/mol. The minimum Gasteiger partial charge on any atom is -0.325 e. The van der Waals surface area contributed by atoms with Crippen LogP contribution in [-0.2, 0) is 17.6 Å². The topological polar surface area (TPSA) is 45.2 Å². The number of benzene rings is 1. The molecule has 1 aliphatic carbocycles. The normalized spacial score (nSPS) is 18.5. The molecular formula is C21H27N3OS. The Morgan fingerprint density at radius 3 is 2.77 bits per heavy atom. The Hall–Kier alpha value is -1.72. The molecule has 4 rings (SSSR count). The van der Waals surface area contributed by atoms with Gasteiger partial charge in [-0.2, -0.15) is 0 Å². The van der Waals surface area contributed by atoms with E-state index in [0.29, 0.717) is 12.5 Å². The van der Waals surface area contributed by atoms with Gasteiger partial charge in [0.25, 0.3) is 0 Å². The van der Waals surface area contributed by atoms with Crippen LogP contribution in [0.5, 0.6) is 0 Å². The smallest absolute Gasteiger partial charge is 0.238 e. The molecule has 138 valence electrons. The minimum atomic E-state index is 0.0856. The summed E-state index contributed by atoms with van der Waals surface area (Å²) in [7, 11) is 0. The maximum absolute atomic E-state index is 12.4. The second kappa shape index (κ2) is 7.89. The lowest BCUT2D eigenvalue weighted by molar-refractivity contribution is -0.117. The molecule has 0 radical (unpaired) electrons. The minimum absolute atomic E-state index is 0.0856. The maximum Gasteiger partial charge on any atom is 0.238 e. The number of carbonyl (C=O) groups excluding carboxylic acids is 1. The number of aryl methyl sites for hydroxylation is 3. The summed E-state index contributed by atoms with van der Waals surface area (Å²) in [5, 5.41) is 4.39. The molecule has 1 fully saturated rings. The Labute approximate surface area is 159 Å². The van der Waals surface area contributed by atoms with Crippen molar-refractivity contribution in [3.63, 3.8) is 0 Å². The van der Waals surface area contributed by atoms with Gasteiger partial charge in [0.1, 0.15) is 0 Å². The van der Waals surface area contributed by atoms with E-state index in [9.17, 15) is 4.79 Å². The van der Waals surface area contributed by atoms with Crippen LogP contribution in [0.2, 0.25) is 0 Å². The quantitative estimate of drug-likeness (QED) is 0.881. The summed E-state index contributed by atoms with van der Waals surface area (Å²) in [6, 6.07) is 7.94. The van der Waals surface area contributed by atoms with Crippen LogP contribution in [0.15, 0.2) is 24.3 Å². The van der Waals surface area contributed by atoms with E-state index >= 15 is 0 Å². The number of hydrogen-bond donors (Lipinski definition) is 1. The second-order valence-corrected chi connectivity index (χ2v) is 8.66. The van der Waals surface area contributed by atoms with E-state index in [-0.39, 0.29) is 5.91 Å². The molecule has 0 atom stereocenters. The van der Waals surface area contributed by atoms with Crippen LogP contribution in [0.4, 0.5) is 5.69 Å². The first-order chi connectivity index (χ1) is 12.7. The number of rotatable bonds is 4. The van der Waals surface area contributed by atoms with Gasteiger partial charge in [0.05, 0.1) is 17.2 Å².